The Balaban J connectivity index is 1.68. The molecule has 1 aliphatic carbocycles. The molecular weight excluding hydrogens is 503 g/mol. The molecule has 35 heavy (non-hydrogen) atoms. The minimum Gasteiger partial charge on any atom is -0.351 e. The molecule has 2 amide bonds. The summed E-state index contributed by atoms with van der Waals surface area (Å²) in [6, 6.07) is 4.66. The van der Waals surface area contributed by atoms with E-state index >= 15 is 0 Å². The van der Waals surface area contributed by atoms with Crippen LogP contribution in [0.5, 0.6) is 0 Å². The molecule has 0 saturated heterocycles. The summed E-state index contributed by atoms with van der Waals surface area (Å²) in [6.07, 6.45) is 5.05. The number of halogens is 4. The van der Waals surface area contributed by atoms with Crippen LogP contribution in [-0.4, -0.2) is 44.4 Å². The molecule has 2 aromatic heterocycles. The summed E-state index contributed by atoms with van der Waals surface area (Å²) >= 11 is 6.96. The molecule has 0 spiro atoms. The Hall–Kier alpha value is -3.05. The van der Waals surface area contributed by atoms with Crippen LogP contribution in [0.25, 0.3) is 10.4 Å². The lowest BCUT2D eigenvalue weighted by atomic mass is 9.92. The molecule has 2 heterocycles. The molecule has 1 unspecified atom stereocenters. The number of benzene rings is 1. The number of alkyl halides is 4. The molecule has 0 bridgehead atoms. The van der Waals surface area contributed by atoms with E-state index in [9.17, 15) is 22.8 Å². The first-order valence-electron chi connectivity index (χ1n) is 10.8. The van der Waals surface area contributed by atoms with Crippen LogP contribution >= 0.6 is 22.9 Å². The van der Waals surface area contributed by atoms with Crippen molar-refractivity contribution in [3.05, 3.63) is 60.3 Å². The van der Waals surface area contributed by atoms with Crippen molar-refractivity contribution in [1.82, 2.24) is 20.3 Å². The van der Waals surface area contributed by atoms with Crippen LogP contribution < -0.4 is 10.2 Å². The predicted octanol–water partition coefficient (Wildman–Crippen LogP) is 4.90. The monoisotopic (exact) mass is 523 g/mol. The molecule has 2 atom stereocenters. The van der Waals surface area contributed by atoms with Crippen molar-refractivity contribution in [2.45, 2.75) is 49.3 Å². The molecule has 1 aromatic carbocycles. The van der Waals surface area contributed by atoms with Gasteiger partial charge in [0.05, 0.1) is 10.4 Å². The molecule has 4 rings (SSSR count). The van der Waals surface area contributed by atoms with E-state index < -0.39 is 35.5 Å². The fraction of sp³-hybridized carbons (Fsp3) is 0.348. The molecule has 1 fully saturated rings. The van der Waals surface area contributed by atoms with E-state index in [4.69, 9.17) is 11.6 Å². The Labute approximate surface area is 208 Å². The predicted molar refractivity (Wildman–Crippen MR) is 126 cm³/mol. The Morgan fingerprint density at radius 2 is 1.74 bits per heavy atom. The molecule has 0 radical (unpaired) electrons. The van der Waals surface area contributed by atoms with Gasteiger partial charge in [-0.05, 0) is 30.5 Å². The molecule has 12 heteroatoms. The maximum atomic E-state index is 14.1. The van der Waals surface area contributed by atoms with Gasteiger partial charge in [0, 0.05) is 48.7 Å². The van der Waals surface area contributed by atoms with E-state index in [-0.39, 0.29) is 36.9 Å². The molecule has 3 aromatic rings. The number of hydrogen-bond acceptors (Lipinski definition) is 6. The standard InChI is InChI=1S/C23H21ClF3N5O2S/c24-20(25)22(34)32(17-3-1-14(2-4-17)18-11-30-13-35-18)19(15-9-28-12-29-10-15)21(33)31-16-5-7-23(26,27)8-6-16/h1-4,9-13,16,19-20H,5-8H2,(H,31,33)/t19?,20-/m0/s1. The van der Waals surface area contributed by atoms with Gasteiger partial charge in [-0.2, -0.15) is 0 Å². The van der Waals surface area contributed by atoms with Gasteiger partial charge in [-0.15, -0.1) is 11.3 Å². The van der Waals surface area contributed by atoms with Gasteiger partial charge in [-0.3, -0.25) is 19.5 Å². The second kappa shape index (κ2) is 10.7. The molecule has 7 nitrogen and oxygen atoms in total. The SMILES string of the molecule is O=C(NC1CCC(F)(F)CC1)C(c1cncnc1)N(C(=O)[C@H](F)Cl)c1ccc(-c2cncs2)cc1. The van der Waals surface area contributed by atoms with Crippen LogP contribution in [0, 0.1) is 0 Å². The number of anilines is 1. The number of nitrogens with one attached hydrogen (secondary N) is 1. The van der Waals surface area contributed by atoms with Crippen LogP contribution in [0.2, 0.25) is 0 Å². The van der Waals surface area contributed by atoms with Crippen molar-refractivity contribution < 1.29 is 22.8 Å². The quantitative estimate of drug-likeness (QED) is 0.445. The number of aromatic nitrogens is 3. The summed E-state index contributed by atoms with van der Waals surface area (Å²) in [7, 11) is 0. The Morgan fingerprint density at radius 1 is 1.09 bits per heavy atom. The lowest BCUT2D eigenvalue weighted by molar-refractivity contribution is -0.128. The largest absolute Gasteiger partial charge is 0.351 e. The second-order valence-corrected chi connectivity index (χ2v) is 9.40. The van der Waals surface area contributed by atoms with Crippen LogP contribution in [0.4, 0.5) is 18.9 Å². The van der Waals surface area contributed by atoms with E-state index in [0.29, 0.717) is 0 Å². The first kappa shape index (κ1) is 25.1. The third kappa shape index (κ3) is 5.96. The average Bonchev–Trinajstić information content (AvgIpc) is 3.39. The number of carbonyl (C=O) groups is 2. The summed E-state index contributed by atoms with van der Waals surface area (Å²) in [4.78, 5) is 40.1. The van der Waals surface area contributed by atoms with E-state index in [2.05, 4.69) is 20.3 Å². The highest BCUT2D eigenvalue weighted by Gasteiger charge is 2.39. The van der Waals surface area contributed by atoms with Crippen molar-refractivity contribution in [3.8, 4) is 10.4 Å². The number of amides is 2. The third-order valence-corrected chi connectivity index (χ3v) is 6.76. The Bertz CT molecular complexity index is 1140. The zero-order valence-electron chi connectivity index (χ0n) is 18.3. The fourth-order valence-corrected chi connectivity index (χ4v) is 4.72. The number of hydrogen-bond donors (Lipinski definition) is 1. The van der Waals surface area contributed by atoms with Gasteiger partial charge in [0.2, 0.25) is 11.8 Å². The summed E-state index contributed by atoms with van der Waals surface area (Å²) in [6.45, 7) is 0. The second-order valence-electron chi connectivity index (χ2n) is 8.13. The first-order valence-corrected chi connectivity index (χ1v) is 12.1. The zero-order chi connectivity index (χ0) is 25.0. The number of rotatable bonds is 7. The Kier molecular flexibility index (Phi) is 7.66. The van der Waals surface area contributed by atoms with Gasteiger partial charge in [0.1, 0.15) is 12.4 Å². The van der Waals surface area contributed by atoms with Crippen molar-refractivity contribution in [2.75, 3.05) is 4.90 Å². The normalized spacial score (nSPS) is 17.4. The fourth-order valence-electron chi connectivity index (χ4n) is 3.99. The zero-order valence-corrected chi connectivity index (χ0v) is 19.9. The number of nitrogens with zero attached hydrogens (tertiary/aromatic N) is 4. The van der Waals surface area contributed by atoms with Gasteiger partial charge in [0.15, 0.2) is 0 Å². The van der Waals surface area contributed by atoms with Crippen LogP contribution in [0.15, 0.2) is 54.7 Å². The van der Waals surface area contributed by atoms with E-state index in [1.807, 2.05) is 0 Å². The van der Waals surface area contributed by atoms with Gasteiger partial charge in [-0.25, -0.2) is 23.1 Å². The molecule has 1 N–H and O–H groups in total. The molecule has 184 valence electrons. The first-order chi connectivity index (χ1) is 16.7. The van der Waals surface area contributed by atoms with Crippen molar-refractivity contribution in [1.29, 1.82) is 0 Å². The van der Waals surface area contributed by atoms with E-state index in [0.717, 1.165) is 15.3 Å². The number of thiazole rings is 1. The smallest absolute Gasteiger partial charge is 0.278 e. The van der Waals surface area contributed by atoms with Gasteiger partial charge in [-0.1, -0.05) is 23.7 Å². The van der Waals surface area contributed by atoms with E-state index in [1.54, 1.807) is 36.0 Å². The van der Waals surface area contributed by atoms with E-state index in [1.165, 1.54) is 30.1 Å². The summed E-state index contributed by atoms with van der Waals surface area (Å²) < 4.78 is 41.3. The van der Waals surface area contributed by atoms with Crippen LogP contribution in [0.1, 0.15) is 37.3 Å². The van der Waals surface area contributed by atoms with Crippen molar-refractivity contribution in [2.24, 2.45) is 0 Å². The minimum atomic E-state index is -2.77. The van der Waals surface area contributed by atoms with Crippen molar-refractivity contribution in [3.63, 3.8) is 0 Å². The third-order valence-electron chi connectivity index (χ3n) is 5.75. The molecule has 1 aliphatic rings. The summed E-state index contributed by atoms with van der Waals surface area (Å²) in [5, 5.41) is 2.74. The molecule has 0 aliphatic heterocycles. The van der Waals surface area contributed by atoms with Gasteiger partial charge in [0.25, 0.3) is 11.5 Å². The molecular formula is C23H21ClF3N5O2S. The lowest BCUT2D eigenvalue weighted by Crippen LogP contribution is -2.49. The average molecular weight is 524 g/mol. The van der Waals surface area contributed by atoms with Gasteiger partial charge < -0.3 is 5.32 Å². The minimum absolute atomic E-state index is 0.0789. The number of carbonyl (C=O) groups excluding carboxylic acids is 2. The lowest BCUT2D eigenvalue weighted by Gasteiger charge is -2.34. The summed E-state index contributed by atoms with van der Waals surface area (Å²) in [5.74, 6) is -4.60. The van der Waals surface area contributed by atoms with Crippen molar-refractivity contribution >= 4 is 40.4 Å². The van der Waals surface area contributed by atoms with Gasteiger partial charge >= 0.3 is 0 Å². The summed E-state index contributed by atoms with van der Waals surface area (Å²) in [5.41, 5.74) is 0.494. The van der Waals surface area contributed by atoms with Crippen LogP contribution in [0.3, 0.4) is 0 Å². The highest BCUT2D eigenvalue weighted by Crippen LogP contribution is 2.35. The molecule has 1 saturated carbocycles. The van der Waals surface area contributed by atoms with Crippen LogP contribution in [-0.2, 0) is 9.59 Å². The maximum absolute atomic E-state index is 14.1. The Morgan fingerprint density at radius 3 is 2.31 bits per heavy atom. The maximum Gasteiger partial charge on any atom is 0.278 e. The topological polar surface area (TPSA) is 88.1 Å². The highest BCUT2D eigenvalue weighted by molar-refractivity contribution is 7.13. The highest BCUT2D eigenvalue weighted by atomic mass is 35.5.